The van der Waals surface area contributed by atoms with Gasteiger partial charge in [0.25, 0.3) is 0 Å². The monoisotopic (exact) mass is 294 g/mol. The van der Waals surface area contributed by atoms with E-state index in [1.54, 1.807) is 24.3 Å². The lowest BCUT2D eigenvalue weighted by atomic mass is 10.1. The van der Waals surface area contributed by atoms with E-state index < -0.39 is 0 Å². The van der Waals surface area contributed by atoms with Crippen LogP contribution in [0.4, 0.5) is 0 Å². The maximum absolute atomic E-state index is 11.2. The third-order valence-electron chi connectivity index (χ3n) is 2.65. The lowest BCUT2D eigenvalue weighted by Gasteiger charge is -2.10. The molecule has 0 unspecified atom stereocenters. The van der Waals surface area contributed by atoms with E-state index in [4.69, 9.17) is 27.9 Å². The molecule has 0 aliphatic heterocycles. The minimum Gasteiger partial charge on any atom is -0.454 e. The number of hydrogen-bond acceptors (Lipinski definition) is 2. The number of benzene rings is 2. The third kappa shape index (κ3) is 3.28. The molecule has 0 aliphatic rings. The van der Waals surface area contributed by atoms with Crippen LogP contribution in [0.3, 0.4) is 0 Å². The van der Waals surface area contributed by atoms with Gasteiger partial charge in [0.1, 0.15) is 11.5 Å². The minimum absolute atomic E-state index is 0.0398. The standard InChI is InChI=1S/C15H12Cl2O2/c1-9-3-5-12(16)15(7-9)19-14-6-4-11(10(2)18)8-13(14)17/h3-8H,1-2H3. The SMILES string of the molecule is CC(=O)c1ccc(Oc2cc(C)ccc2Cl)c(Cl)c1. The van der Waals surface area contributed by atoms with Crippen LogP contribution in [0, 0.1) is 6.92 Å². The Bertz CT molecular complexity index is 636. The third-order valence-corrected chi connectivity index (χ3v) is 3.25. The van der Waals surface area contributed by atoms with Gasteiger partial charge in [-0.25, -0.2) is 0 Å². The van der Waals surface area contributed by atoms with Crippen molar-refractivity contribution in [2.75, 3.05) is 0 Å². The Hall–Kier alpha value is -1.51. The van der Waals surface area contributed by atoms with E-state index in [2.05, 4.69) is 0 Å². The molecule has 0 radical (unpaired) electrons. The summed E-state index contributed by atoms with van der Waals surface area (Å²) >= 11 is 12.2. The van der Waals surface area contributed by atoms with Crippen LogP contribution >= 0.6 is 23.2 Å². The number of carbonyl (C=O) groups is 1. The quantitative estimate of drug-likeness (QED) is 0.718. The van der Waals surface area contributed by atoms with Crippen LogP contribution in [0.1, 0.15) is 22.8 Å². The van der Waals surface area contributed by atoms with E-state index in [0.29, 0.717) is 27.1 Å². The van der Waals surface area contributed by atoms with Crippen molar-refractivity contribution in [3.8, 4) is 11.5 Å². The summed E-state index contributed by atoms with van der Waals surface area (Å²) in [5.74, 6) is 0.973. The van der Waals surface area contributed by atoms with Gasteiger partial charge in [0.15, 0.2) is 5.78 Å². The van der Waals surface area contributed by atoms with E-state index in [9.17, 15) is 4.79 Å². The Morgan fingerprint density at radius 2 is 1.74 bits per heavy atom. The van der Waals surface area contributed by atoms with Gasteiger partial charge in [0, 0.05) is 5.56 Å². The second-order valence-corrected chi connectivity index (χ2v) is 5.05. The number of carbonyl (C=O) groups excluding carboxylic acids is 1. The van der Waals surface area contributed by atoms with Crippen LogP contribution in [0.5, 0.6) is 11.5 Å². The Kier molecular flexibility index (Phi) is 4.13. The lowest BCUT2D eigenvalue weighted by Crippen LogP contribution is -1.93. The van der Waals surface area contributed by atoms with Gasteiger partial charge in [-0.1, -0.05) is 29.3 Å². The molecule has 98 valence electrons. The summed E-state index contributed by atoms with van der Waals surface area (Å²) in [4.78, 5) is 11.2. The van der Waals surface area contributed by atoms with E-state index >= 15 is 0 Å². The highest BCUT2D eigenvalue weighted by molar-refractivity contribution is 6.33. The summed E-state index contributed by atoms with van der Waals surface area (Å²) in [5, 5.41) is 0.891. The molecule has 0 aliphatic carbocycles. The van der Waals surface area contributed by atoms with Crippen molar-refractivity contribution < 1.29 is 9.53 Å². The summed E-state index contributed by atoms with van der Waals surface area (Å²) in [7, 11) is 0. The predicted molar refractivity (Wildman–Crippen MR) is 77.7 cm³/mol. The number of Topliss-reactive ketones (excluding diaryl/α,β-unsaturated/α-hetero) is 1. The first-order valence-corrected chi connectivity index (χ1v) is 6.47. The number of halogens is 2. The van der Waals surface area contributed by atoms with Crippen LogP contribution in [0.2, 0.25) is 10.0 Å². The van der Waals surface area contributed by atoms with Crippen molar-refractivity contribution in [3.05, 3.63) is 57.6 Å². The number of hydrogen-bond donors (Lipinski definition) is 0. The lowest BCUT2D eigenvalue weighted by molar-refractivity contribution is 0.101. The average molecular weight is 295 g/mol. The molecule has 2 aromatic rings. The Morgan fingerprint density at radius 3 is 2.37 bits per heavy atom. The molecule has 0 spiro atoms. The van der Waals surface area contributed by atoms with Crippen LogP contribution in [-0.2, 0) is 0 Å². The molecule has 0 N–H and O–H groups in total. The first-order valence-electron chi connectivity index (χ1n) is 5.72. The number of ether oxygens (including phenoxy) is 1. The van der Waals surface area contributed by atoms with Crippen molar-refractivity contribution in [3.63, 3.8) is 0 Å². The van der Waals surface area contributed by atoms with Gasteiger partial charge >= 0.3 is 0 Å². The second kappa shape index (κ2) is 5.64. The van der Waals surface area contributed by atoms with Gasteiger partial charge < -0.3 is 4.74 Å². The summed E-state index contributed by atoms with van der Waals surface area (Å²) in [6, 6.07) is 10.4. The molecule has 0 fully saturated rings. The van der Waals surface area contributed by atoms with Crippen molar-refractivity contribution >= 4 is 29.0 Å². The van der Waals surface area contributed by atoms with Crippen molar-refractivity contribution in [2.45, 2.75) is 13.8 Å². The molecular weight excluding hydrogens is 283 g/mol. The first-order chi connectivity index (χ1) is 8.97. The van der Waals surface area contributed by atoms with Gasteiger partial charge in [-0.15, -0.1) is 0 Å². The second-order valence-electron chi connectivity index (χ2n) is 4.24. The van der Waals surface area contributed by atoms with Gasteiger partial charge in [0.05, 0.1) is 10.0 Å². The zero-order valence-corrected chi connectivity index (χ0v) is 12.0. The van der Waals surface area contributed by atoms with Crippen LogP contribution in [-0.4, -0.2) is 5.78 Å². The maximum Gasteiger partial charge on any atom is 0.159 e. The fourth-order valence-corrected chi connectivity index (χ4v) is 1.99. The Balaban J connectivity index is 2.33. The molecule has 2 aromatic carbocycles. The van der Waals surface area contributed by atoms with Gasteiger partial charge in [0.2, 0.25) is 0 Å². The van der Waals surface area contributed by atoms with Crippen molar-refractivity contribution in [1.29, 1.82) is 0 Å². The van der Waals surface area contributed by atoms with E-state index in [1.165, 1.54) is 6.92 Å². The number of ketones is 1. The van der Waals surface area contributed by atoms with E-state index in [-0.39, 0.29) is 5.78 Å². The minimum atomic E-state index is -0.0398. The molecule has 2 nitrogen and oxygen atoms in total. The van der Waals surface area contributed by atoms with E-state index in [0.717, 1.165) is 5.56 Å². The predicted octanol–water partition coefficient (Wildman–Crippen LogP) is 5.30. The summed E-state index contributed by atoms with van der Waals surface area (Å²) in [6.07, 6.45) is 0. The average Bonchev–Trinajstić information content (AvgIpc) is 2.36. The highest BCUT2D eigenvalue weighted by atomic mass is 35.5. The van der Waals surface area contributed by atoms with Crippen LogP contribution in [0.15, 0.2) is 36.4 Å². The molecule has 0 amide bonds. The van der Waals surface area contributed by atoms with Crippen LogP contribution in [0.25, 0.3) is 0 Å². The molecule has 4 heteroatoms. The van der Waals surface area contributed by atoms with Gasteiger partial charge in [-0.05, 0) is 49.7 Å². The fraction of sp³-hybridized carbons (Fsp3) is 0.133. The molecule has 0 bridgehead atoms. The molecule has 0 saturated heterocycles. The smallest absolute Gasteiger partial charge is 0.159 e. The maximum atomic E-state index is 11.2. The van der Waals surface area contributed by atoms with E-state index in [1.807, 2.05) is 19.1 Å². The zero-order chi connectivity index (χ0) is 14.0. The topological polar surface area (TPSA) is 26.3 Å². The molecule has 0 aromatic heterocycles. The summed E-state index contributed by atoms with van der Waals surface area (Å²) in [6.45, 7) is 3.44. The van der Waals surface area contributed by atoms with Gasteiger partial charge in [-0.2, -0.15) is 0 Å². The largest absolute Gasteiger partial charge is 0.454 e. The zero-order valence-electron chi connectivity index (χ0n) is 10.5. The van der Waals surface area contributed by atoms with Crippen molar-refractivity contribution in [2.24, 2.45) is 0 Å². The number of aryl methyl sites for hydroxylation is 1. The molecule has 0 saturated carbocycles. The molecule has 19 heavy (non-hydrogen) atoms. The summed E-state index contributed by atoms with van der Waals surface area (Å²) in [5.41, 5.74) is 1.59. The van der Waals surface area contributed by atoms with Crippen LogP contribution < -0.4 is 4.74 Å². The number of rotatable bonds is 3. The Labute approximate surface area is 121 Å². The highest BCUT2D eigenvalue weighted by Crippen LogP contribution is 2.34. The highest BCUT2D eigenvalue weighted by Gasteiger charge is 2.09. The first kappa shape index (κ1) is 13.9. The van der Waals surface area contributed by atoms with Gasteiger partial charge in [-0.3, -0.25) is 4.79 Å². The van der Waals surface area contributed by atoms with Crippen molar-refractivity contribution in [1.82, 2.24) is 0 Å². The fourth-order valence-electron chi connectivity index (χ4n) is 1.61. The summed E-state index contributed by atoms with van der Waals surface area (Å²) < 4.78 is 5.68. The molecule has 2 rings (SSSR count). The normalized spacial score (nSPS) is 10.3. The molecular formula is C15H12Cl2O2. The molecule has 0 heterocycles. The Morgan fingerprint density at radius 1 is 1.00 bits per heavy atom. The molecule has 0 atom stereocenters.